The van der Waals surface area contributed by atoms with Crippen LogP contribution in [-0.4, -0.2) is 27.4 Å². The van der Waals surface area contributed by atoms with Crippen molar-refractivity contribution in [1.29, 1.82) is 0 Å². The number of nitrogens with zero attached hydrogens (tertiary/aromatic N) is 1. The highest BCUT2D eigenvalue weighted by atomic mass is 35.5. The first-order valence-electron chi connectivity index (χ1n) is 10.6. The van der Waals surface area contributed by atoms with Gasteiger partial charge in [-0.15, -0.1) is 0 Å². The average Bonchev–Trinajstić information content (AvgIpc) is 2.83. The zero-order chi connectivity index (χ0) is 23.8. The highest BCUT2D eigenvalue weighted by Crippen LogP contribution is 2.30. The molecule has 0 spiro atoms. The third kappa shape index (κ3) is 6.73. The molecule has 3 aromatic carbocycles. The molecule has 0 aliphatic heterocycles. The zero-order valence-corrected chi connectivity index (χ0v) is 20.6. The Morgan fingerprint density at radius 2 is 1.58 bits per heavy atom. The summed E-state index contributed by atoms with van der Waals surface area (Å²) in [5.41, 5.74) is 1.46. The zero-order valence-electron chi connectivity index (χ0n) is 18.2. The van der Waals surface area contributed by atoms with Gasteiger partial charge in [0.2, 0.25) is 5.91 Å². The Morgan fingerprint density at radius 3 is 2.18 bits per heavy atom. The third-order valence-electron chi connectivity index (χ3n) is 5.34. The van der Waals surface area contributed by atoms with Crippen LogP contribution in [0.4, 0.5) is 5.69 Å². The van der Waals surface area contributed by atoms with E-state index in [1.807, 2.05) is 18.2 Å². The average molecular weight is 505 g/mol. The third-order valence-corrected chi connectivity index (χ3v) is 7.87. The van der Waals surface area contributed by atoms with Crippen LogP contribution < -0.4 is 9.62 Å². The van der Waals surface area contributed by atoms with Gasteiger partial charge in [-0.05, 0) is 48.2 Å². The first-order valence-corrected chi connectivity index (χ1v) is 12.8. The molecule has 0 bridgehead atoms. The van der Waals surface area contributed by atoms with Crippen molar-refractivity contribution in [2.45, 2.75) is 24.7 Å². The molecule has 0 aromatic heterocycles. The number of rotatable bonds is 10. The number of carbonyl (C=O) groups excluding carboxylic acids is 1. The van der Waals surface area contributed by atoms with E-state index in [4.69, 9.17) is 23.2 Å². The topological polar surface area (TPSA) is 66.5 Å². The lowest BCUT2D eigenvalue weighted by Crippen LogP contribution is -2.42. The van der Waals surface area contributed by atoms with Gasteiger partial charge in [0.15, 0.2) is 0 Å². The molecule has 0 aliphatic rings. The summed E-state index contributed by atoms with van der Waals surface area (Å²) in [5.74, 6) is -0.160. The molecule has 5 nitrogen and oxygen atoms in total. The summed E-state index contributed by atoms with van der Waals surface area (Å²) in [6.07, 6.45) is 1.71. The Hall–Kier alpha value is -2.54. The maximum Gasteiger partial charge on any atom is 0.264 e. The van der Waals surface area contributed by atoms with Crippen molar-refractivity contribution >= 4 is 44.8 Å². The van der Waals surface area contributed by atoms with Crippen molar-refractivity contribution in [3.63, 3.8) is 0 Å². The molecule has 1 unspecified atom stereocenters. The molecule has 0 fully saturated rings. The molecule has 174 valence electrons. The summed E-state index contributed by atoms with van der Waals surface area (Å²) in [6.45, 7) is 2.14. The molecule has 3 aromatic rings. The van der Waals surface area contributed by atoms with E-state index in [9.17, 15) is 13.2 Å². The summed E-state index contributed by atoms with van der Waals surface area (Å²) in [6, 6.07) is 22.5. The number of carbonyl (C=O) groups is 1. The first-order chi connectivity index (χ1) is 15.8. The molecule has 1 N–H and O–H groups in total. The standard InChI is InChI=1S/C25H26Cl2N2O3S/c1-2-19(15-20-9-5-3-6-10-20)17-28-25(30)18-29(21-13-14-23(26)24(27)16-21)33(31,32)22-11-7-4-8-12-22/h3-14,16,19H,2,15,17-18H2,1H3,(H,28,30). The van der Waals surface area contributed by atoms with Crippen LogP contribution in [0.2, 0.25) is 10.0 Å². The largest absolute Gasteiger partial charge is 0.354 e. The van der Waals surface area contributed by atoms with Gasteiger partial charge >= 0.3 is 0 Å². The second kappa shape index (κ2) is 11.5. The van der Waals surface area contributed by atoms with Gasteiger partial charge in [0.25, 0.3) is 10.0 Å². The van der Waals surface area contributed by atoms with E-state index in [0.717, 1.165) is 17.1 Å². The number of nitrogens with one attached hydrogen (secondary N) is 1. The lowest BCUT2D eigenvalue weighted by Gasteiger charge is -2.25. The Bertz CT molecular complexity index is 1170. The minimum atomic E-state index is -4.00. The molecular formula is C25H26Cl2N2O3S. The van der Waals surface area contributed by atoms with Crippen molar-refractivity contribution in [2.24, 2.45) is 5.92 Å². The van der Waals surface area contributed by atoms with Crippen LogP contribution in [0.5, 0.6) is 0 Å². The summed E-state index contributed by atoms with van der Waals surface area (Å²) in [7, 11) is -4.00. The van der Waals surface area contributed by atoms with Crippen LogP contribution >= 0.6 is 23.2 Å². The van der Waals surface area contributed by atoms with Crippen LogP contribution in [0.25, 0.3) is 0 Å². The van der Waals surface area contributed by atoms with Gasteiger partial charge in [0, 0.05) is 6.54 Å². The lowest BCUT2D eigenvalue weighted by molar-refractivity contribution is -0.119. The van der Waals surface area contributed by atoms with E-state index in [1.165, 1.54) is 35.9 Å². The fourth-order valence-corrected chi connectivity index (χ4v) is 5.15. The number of anilines is 1. The maximum atomic E-state index is 13.4. The Morgan fingerprint density at radius 1 is 0.939 bits per heavy atom. The van der Waals surface area contributed by atoms with Gasteiger partial charge in [-0.3, -0.25) is 9.10 Å². The second-order valence-corrected chi connectivity index (χ2v) is 10.4. The number of hydrogen-bond donors (Lipinski definition) is 1. The van der Waals surface area contributed by atoms with Gasteiger partial charge in [-0.1, -0.05) is 85.1 Å². The minimum absolute atomic E-state index is 0.0828. The van der Waals surface area contributed by atoms with Crippen molar-refractivity contribution in [3.8, 4) is 0 Å². The van der Waals surface area contributed by atoms with Gasteiger partial charge in [0.1, 0.15) is 6.54 Å². The van der Waals surface area contributed by atoms with Crippen molar-refractivity contribution in [2.75, 3.05) is 17.4 Å². The molecule has 1 amide bonds. The number of halogens is 2. The molecule has 0 radical (unpaired) electrons. The lowest BCUT2D eigenvalue weighted by atomic mass is 9.97. The molecular weight excluding hydrogens is 479 g/mol. The van der Waals surface area contributed by atoms with Crippen LogP contribution in [0, 0.1) is 5.92 Å². The first kappa shape index (κ1) is 25.1. The number of hydrogen-bond acceptors (Lipinski definition) is 3. The SMILES string of the molecule is CCC(CNC(=O)CN(c1ccc(Cl)c(Cl)c1)S(=O)(=O)c1ccccc1)Cc1ccccc1. The van der Waals surface area contributed by atoms with E-state index in [0.29, 0.717) is 11.6 Å². The smallest absolute Gasteiger partial charge is 0.264 e. The quantitative estimate of drug-likeness (QED) is 0.392. The predicted octanol–water partition coefficient (Wildman–Crippen LogP) is 5.57. The van der Waals surface area contributed by atoms with Gasteiger partial charge in [-0.2, -0.15) is 0 Å². The molecule has 8 heteroatoms. The van der Waals surface area contributed by atoms with Gasteiger partial charge in [0.05, 0.1) is 20.6 Å². The van der Waals surface area contributed by atoms with Gasteiger partial charge < -0.3 is 5.32 Å². The summed E-state index contributed by atoms with van der Waals surface area (Å²) >= 11 is 12.1. The summed E-state index contributed by atoms with van der Waals surface area (Å²) < 4.78 is 27.8. The summed E-state index contributed by atoms with van der Waals surface area (Å²) in [4.78, 5) is 12.9. The fraction of sp³-hybridized carbons (Fsp3) is 0.240. The normalized spacial score (nSPS) is 12.2. The number of benzene rings is 3. The van der Waals surface area contributed by atoms with Crippen LogP contribution in [0.1, 0.15) is 18.9 Å². The number of amides is 1. The predicted molar refractivity (Wildman–Crippen MR) is 134 cm³/mol. The van der Waals surface area contributed by atoms with Crippen LogP contribution in [0.3, 0.4) is 0 Å². The van der Waals surface area contributed by atoms with E-state index in [2.05, 4.69) is 24.4 Å². The molecule has 0 saturated heterocycles. The molecule has 3 rings (SSSR count). The Balaban J connectivity index is 1.78. The molecule has 1 atom stereocenters. The maximum absolute atomic E-state index is 13.4. The monoisotopic (exact) mass is 504 g/mol. The van der Waals surface area contributed by atoms with Crippen LogP contribution in [0.15, 0.2) is 83.8 Å². The highest BCUT2D eigenvalue weighted by molar-refractivity contribution is 7.92. The minimum Gasteiger partial charge on any atom is -0.354 e. The van der Waals surface area contributed by atoms with E-state index >= 15 is 0 Å². The number of sulfonamides is 1. The summed E-state index contributed by atoms with van der Waals surface area (Å²) in [5, 5.41) is 3.40. The van der Waals surface area contributed by atoms with E-state index in [1.54, 1.807) is 18.2 Å². The van der Waals surface area contributed by atoms with Crippen molar-refractivity contribution in [1.82, 2.24) is 5.32 Å². The van der Waals surface area contributed by atoms with Crippen molar-refractivity contribution in [3.05, 3.63) is 94.5 Å². The Labute approximate surface area is 205 Å². The van der Waals surface area contributed by atoms with Crippen molar-refractivity contribution < 1.29 is 13.2 Å². The Kier molecular flexibility index (Phi) is 8.78. The molecule has 33 heavy (non-hydrogen) atoms. The van der Waals surface area contributed by atoms with E-state index in [-0.39, 0.29) is 28.1 Å². The van der Waals surface area contributed by atoms with E-state index < -0.39 is 15.9 Å². The second-order valence-electron chi connectivity index (χ2n) is 7.69. The van der Waals surface area contributed by atoms with Crippen LogP contribution in [-0.2, 0) is 21.2 Å². The van der Waals surface area contributed by atoms with Gasteiger partial charge in [-0.25, -0.2) is 8.42 Å². The molecule has 0 saturated carbocycles. The molecule has 0 heterocycles. The molecule has 0 aliphatic carbocycles. The fourth-order valence-electron chi connectivity index (χ4n) is 3.43. The highest BCUT2D eigenvalue weighted by Gasteiger charge is 2.27.